The van der Waals surface area contributed by atoms with Gasteiger partial charge in [0.05, 0.1) is 18.4 Å². The van der Waals surface area contributed by atoms with Gasteiger partial charge in [-0.05, 0) is 35.7 Å². The molecule has 0 amide bonds. The van der Waals surface area contributed by atoms with Crippen molar-refractivity contribution in [3.8, 4) is 16.3 Å². The van der Waals surface area contributed by atoms with Crippen LogP contribution in [0.5, 0.6) is 5.75 Å². The van der Waals surface area contributed by atoms with Gasteiger partial charge in [-0.25, -0.2) is 14.2 Å². The van der Waals surface area contributed by atoms with Crippen LogP contribution >= 0.6 is 11.3 Å². The van der Waals surface area contributed by atoms with E-state index in [0.717, 1.165) is 36.5 Å². The largest absolute Gasteiger partial charge is 0.495 e. The molecule has 4 rings (SSSR count). The Bertz CT molecular complexity index is 1310. The molecule has 0 atom stereocenters. The predicted octanol–water partition coefficient (Wildman–Crippen LogP) is 4.30. The molecule has 0 aliphatic carbocycles. The van der Waals surface area contributed by atoms with Gasteiger partial charge in [0.1, 0.15) is 16.6 Å². The third-order valence-electron chi connectivity index (χ3n) is 5.24. The minimum atomic E-state index is -4.17. The molecule has 1 aliphatic rings. The highest BCUT2D eigenvalue weighted by Crippen LogP contribution is 2.35. The number of anilines is 2. The Kier molecular flexibility index (Phi) is 5.79. The van der Waals surface area contributed by atoms with Gasteiger partial charge in [0.2, 0.25) is 0 Å². The summed E-state index contributed by atoms with van der Waals surface area (Å²) in [5, 5.41) is 10.7. The number of nitrogens with zero attached hydrogens (tertiary/aromatic N) is 2. The SMILES string of the molecule is COc1cc(C(=O)O)c(F)cc1NS(=O)(=O)c1csc(-c2ccc(N3CC(C)(C)C3)cc2)n1. The van der Waals surface area contributed by atoms with Crippen LogP contribution in [0, 0.1) is 11.2 Å². The van der Waals surface area contributed by atoms with E-state index in [-0.39, 0.29) is 16.5 Å². The average Bonchev–Trinajstić information content (AvgIpc) is 3.23. The van der Waals surface area contributed by atoms with Gasteiger partial charge in [-0.3, -0.25) is 4.72 Å². The fourth-order valence-corrected chi connectivity index (χ4v) is 5.82. The second kappa shape index (κ2) is 8.31. The lowest BCUT2D eigenvalue weighted by atomic mass is 9.84. The molecule has 0 bridgehead atoms. The van der Waals surface area contributed by atoms with E-state index in [1.165, 1.54) is 23.8 Å². The number of carbonyl (C=O) groups is 1. The van der Waals surface area contributed by atoms with E-state index in [9.17, 15) is 17.6 Å². The minimum Gasteiger partial charge on any atom is -0.495 e. The van der Waals surface area contributed by atoms with Gasteiger partial charge in [0, 0.05) is 35.8 Å². The van der Waals surface area contributed by atoms with Crippen molar-refractivity contribution in [2.45, 2.75) is 18.9 Å². The van der Waals surface area contributed by atoms with Crippen LogP contribution in [0.2, 0.25) is 0 Å². The lowest BCUT2D eigenvalue weighted by Crippen LogP contribution is -2.53. The summed E-state index contributed by atoms with van der Waals surface area (Å²) in [6.45, 7) is 6.40. The minimum absolute atomic E-state index is 0.127. The third-order valence-corrected chi connectivity index (χ3v) is 7.53. The van der Waals surface area contributed by atoms with Crippen molar-refractivity contribution >= 4 is 38.7 Å². The van der Waals surface area contributed by atoms with E-state index in [4.69, 9.17) is 9.84 Å². The first kappa shape index (κ1) is 23.0. The highest BCUT2D eigenvalue weighted by Gasteiger charge is 2.34. The van der Waals surface area contributed by atoms with Gasteiger partial charge in [0.25, 0.3) is 10.0 Å². The number of sulfonamides is 1. The molecular formula is C22H22FN3O5S2. The predicted molar refractivity (Wildman–Crippen MR) is 124 cm³/mol. The Labute approximate surface area is 194 Å². The summed E-state index contributed by atoms with van der Waals surface area (Å²) in [5.41, 5.74) is 1.33. The second-order valence-electron chi connectivity index (χ2n) is 8.50. The molecule has 0 radical (unpaired) electrons. The number of hydrogen-bond donors (Lipinski definition) is 2. The van der Waals surface area contributed by atoms with Crippen molar-refractivity contribution < 1.29 is 27.4 Å². The van der Waals surface area contributed by atoms with Crippen LogP contribution < -0.4 is 14.4 Å². The Balaban J connectivity index is 1.55. The van der Waals surface area contributed by atoms with Crippen molar-refractivity contribution in [2.24, 2.45) is 5.41 Å². The number of hydrogen-bond acceptors (Lipinski definition) is 7. The molecule has 1 aromatic heterocycles. The van der Waals surface area contributed by atoms with Crippen LogP contribution in [-0.4, -0.2) is 44.7 Å². The summed E-state index contributed by atoms with van der Waals surface area (Å²) in [7, 11) is -2.94. The van der Waals surface area contributed by atoms with E-state index in [1.807, 2.05) is 24.3 Å². The summed E-state index contributed by atoms with van der Waals surface area (Å²) < 4.78 is 47.0. The first-order chi connectivity index (χ1) is 15.5. The number of thiazole rings is 1. The summed E-state index contributed by atoms with van der Waals surface area (Å²) >= 11 is 1.17. The normalized spacial score (nSPS) is 15.1. The quantitative estimate of drug-likeness (QED) is 0.507. The van der Waals surface area contributed by atoms with Gasteiger partial charge >= 0.3 is 5.97 Å². The molecule has 0 unspecified atom stereocenters. The number of carboxylic acid groups (broad SMARTS) is 1. The number of benzene rings is 2. The van der Waals surface area contributed by atoms with Crippen LogP contribution in [0.25, 0.3) is 10.6 Å². The van der Waals surface area contributed by atoms with Gasteiger partial charge in [0.15, 0.2) is 5.03 Å². The summed E-state index contributed by atoms with van der Waals surface area (Å²) in [4.78, 5) is 17.6. The number of nitrogens with one attached hydrogen (secondary N) is 1. The maximum atomic E-state index is 14.1. The molecule has 0 saturated carbocycles. The van der Waals surface area contributed by atoms with Crippen LogP contribution in [0.3, 0.4) is 0 Å². The van der Waals surface area contributed by atoms with E-state index < -0.39 is 27.4 Å². The van der Waals surface area contributed by atoms with Crippen LogP contribution in [0.15, 0.2) is 46.8 Å². The maximum Gasteiger partial charge on any atom is 0.338 e. The zero-order valence-corrected chi connectivity index (χ0v) is 19.8. The monoisotopic (exact) mass is 491 g/mol. The van der Waals surface area contributed by atoms with E-state index in [2.05, 4.69) is 28.5 Å². The van der Waals surface area contributed by atoms with Gasteiger partial charge in [-0.1, -0.05) is 13.8 Å². The molecule has 2 heterocycles. The fraction of sp³-hybridized carbons (Fsp3) is 0.273. The standard InChI is InChI=1S/C22H22FN3O5S2/c1-22(2)11-26(12-22)14-6-4-13(5-7-14)20-24-19(10-32-20)33(29,30)25-17-9-16(23)15(21(27)28)8-18(17)31-3/h4-10,25H,11-12H2,1-3H3,(H,27,28). The molecule has 2 N–H and O–H groups in total. The molecule has 1 fully saturated rings. The fourth-order valence-electron chi connectivity index (χ4n) is 3.66. The number of methoxy groups -OCH3 is 1. The Morgan fingerprint density at radius 3 is 2.48 bits per heavy atom. The van der Waals surface area contributed by atoms with Gasteiger partial charge < -0.3 is 14.7 Å². The topological polar surface area (TPSA) is 109 Å². The van der Waals surface area contributed by atoms with Crippen molar-refractivity contribution in [2.75, 3.05) is 29.8 Å². The first-order valence-electron chi connectivity index (χ1n) is 9.94. The molecule has 2 aromatic carbocycles. The Morgan fingerprint density at radius 1 is 1.24 bits per heavy atom. The second-order valence-corrected chi connectivity index (χ2v) is 11.0. The number of ether oxygens (including phenoxy) is 1. The van der Waals surface area contributed by atoms with Crippen molar-refractivity contribution in [3.63, 3.8) is 0 Å². The van der Waals surface area contributed by atoms with Crippen LogP contribution in [-0.2, 0) is 10.0 Å². The lowest BCUT2D eigenvalue weighted by Gasteiger charge is -2.47. The Morgan fingerprint density at radius 2 is 1.91 bits per heavy atom. The third kappa shape index (κ3) is 4.64. The molecular weight excluding hydrogens is 469 g/mol. The molecule has 174 valence electrons. The summed E-state index contributed by atoms with van der Waals surface area (Å²) in [6, 6.07) is 9.44. The van der Waals surface area contributed by atoms with Gasteiger partial charge in [-0.2, -0.15) is 8.42 Å². The Hall–Kier alpha value is -3.18. The highest BCUT2D eigenvalue weighted by atomic mass is 32.2. The summed E-state index contributed by atoms with van der Waals surface area (Å²) in [6.07, 6.45) is 0. The van der Waals surface area contributed by atoms with Crippen LogP contribution in [0.4, 0.5) is 15.8 Å². The number of aromatic nitrogens is 1. The smallest absolute Gasteiger partial charge is 0.338 e. The highest BCUT2D eigenvalue weighted by molar-refractivity contribution is 7.92. The van der Waals surface area contributed by atoms with Crippen molar-refractivity contribution in [3.05, 3.63) is 53.2 Å². The lowest BCUT2D eigenvalue weighted by molar-refractivity contribution is 0.0691. The van der Waals surface area contributed by atoms with E-state index in [0.29, 0.717) is 10.4 Å². The molecule has 1 saturated heterocycles. The molecule has 33 heavy (non-hydrogen) atoms. The number of halogens is 1. The maximum absolute atomic E-state index is 14.1. The average molecular weight is 492 g/mol. The van der Waals surface area contributed by atoms with Crippen molar-refractivity contribution in [1.29, 1.82) is 0 Å². The van der Waals surface area contributed by atoms with Crippen molar-refractivity contribution in [1.82, 2.24) is 4.98 Å². The molecule has 8 nitrogen and oxygen atoms in total. The van der Waals surface area contributed by atoms with Crippen LogP contribution in [0.1, 0.15) is 24.2 Å². The van der Waals surface area contributed by atoms with Gasteiger partial charge in [-0.15, -0.1) is 11.3 Å². The number of rotatable bonds is 7. The van der Waals surface area contributed by atoms with E-state index in [1.54, 1.807) is 0 Å². The zero-order valence-electron chi connectivity index (χ0n) is 18.1. The molecule has 0 spiro atoms. The zero-order chi connectivity index (χ0) is 24.0. The molecule has 3 aromatic rings. The van der Waals surface area contributed by atoms with E-state index >= 15 is 0 Å². The number of aromatic carboxylic acids is 1. The summed E-state index contributed by atoms with van der Waals surface area (Å²) in [5.74, 6) is -2.71. The molecule has 11 heteroatoms. The number of carboxylic acids is 1. The molecule has 1 aliphatic heterocycles. The first-order valence-corrected chi connectivity index (χ1v) is 12.3.